The van der Waals surface area contributed by atoms with Crippen LogP contribution in [0.1, 0.15) is 13.3 Å². The summed E-state index contributed by atoms with van der Waals surface area (Å²) in [5.41, 5.74) is 0.382. The van der Waals surface area contributed by atoms with E-state index in [0.717, 1.165) is 22.7 Å². The van der Waals surface area contributed by atoms with Gasteiger partial charge in [0.15, 0.2) is 0 Å². The number of nitrogens with zero attached hydrogens (tertiary/aromatic N) is 1. The van der Waals surface area contributed by atoms with Crippen LogP contribution in [0.15, 0.2) is 42.5 Å². The Balaban J connectivity index is 2.41. The van der Waals surface area contributed by atoms with Gasteiger partial charge in [-0.05, 0) is 42.8 Å². The van der Waals surface area contributed by atoms with Crippen molar-refractivity contribution in [2.75, 3.05) is 15.9 Å². The van der Waals surface area contributed by atoms with Crippen LogP contribution in [-0.2, 0) is 14.8 Å². The van der Waals surface area contributed by atoms with Crippen LogP contribution < -0.4 is 9.62 Å². The van der Waals surface area contributed by atoms with Gasteiger partial charge in [-0.2, -0.15) is 0 Å². The minimum Gasteiger partial charge on any atom is -0.322 e. The number of para-hydroxylation sites is 1. The molecule has 0 aromatic heterocycles. The average Bonchev–Trinajstić information content (AvgIpc) is 2.56. The Hall–Kier alpha value is -1.83. The summed E-state index contributed by atoms with van der Waals surface area (Å²) in [7, 11) is -3.82. The van der Waals surface area contributed by atoms with Crippen LogP contribution in [0.25, 0.3) is 0 Å². The van der Waals surface area contributed by atoms with Gasteiger partial charge >= 0.3 is 0 Å². The molecule has 1 amide bonds. The third-order valence-electron chi connectivity index (χ3n) is 3.62. The van der Waals surface area contributed by atoms with Crippen LogP contribution in [0.5, 0.6) is 0 Å². The molecule has 5 nitrogen and oxygen atoms in total. The van der Waals surface area contributed by atoms with E-state index >= 15 is 0 Å². The van der Waals surface area contributed by atoms with Crippen molar-refractivity contribution in [1.29, 1.82) is 0 Å². The van der Waals surface area contributed by atoms with Crippen LogP contribution >= 0.6 is 23.2 Å². The summed E-state index contributed by atoms with van der Waals surface area (Å²) < 4.78 is 38.8. The quantitative estimate of drug-likeness (QED) is 0.759. The summed E-state index contributed by atoms with van der Waals surface area (Å²) in [6, 6.07) is 8.52. The standard InChI is InChI=1S/C17H17Cl2FN2O3S/c1-3-15(17(23)21-16-13(18)5-4-6-14(16)19)22(26(2,24)25)12-9-7-11(20)8-10-12/h4-10,15H,3H2,1-2H3,(H,21,23)/t15-/m1/s1. The van der Waals surface area contributed by atoms with Crippen LogP contribution in [0.4, 0.5) is 15.8 Å². The molecule has 0 saturated carbocycles. The molecule has 0 bridgehead atoms. The van der Waals surface area contributed by atoms with Gasteiger partial charge in [-0.15, -0.1) is 0 Å². The van der Waals surface area contributed by atoms with Gasteiger partial charge in [-0.1, -0.05) is 36.2 Å². The highest BCUT2D eigenvalue weighted by Gasteiger charge is 2.32. The number of hydrogen-bond donors (Lipinski definition) is 1. The number of carbonyl (C=O) groups excluding carboxylic acids is 1. The monoisotopic (exact) mass is 418 g/mol. The number of amides is 1. The number of benzene rings is 2. The number of sulfonamides is 1. The predicted octanol–water partition coefficient (Wildman–Crippen LogP) is 4.32. The lowest BCUT2D eigenvalue weighted by Gasteiger charge is -2.30. The van der Waals surface area contributed by atoms with Gasteiger partial charge in [0.05, 0.1) is 27.7 Å². The number of halogens is 3. The first-order chi connectivity index (χ1) is 12.1. The average molecular weight is 419 g/mol. The van der Waals surface area contributed by atoms with Gasteiger partial charge in [0, 0.05) is 0 Å². The zero-order valence-corrected chi connectivity index (χ0v) is 16.4. The van der Waals surface area contributed by atoms with Gasteiger partial charge < -0.3 is 5.32 Å². The highest BCUT2D eigenvalue weighted by atomic mass is 35.5. The molecule has 2 aromatic carbocycles. The summed E-state index contributed by atoms with van der Waals surface area (Å²) in [6.45, 7) is 1.67. The van der Waals surface area contributed by atoms with E-state index in [9.17, 15) is 17.6 Å². The molecule has 2 rings (SSSR count). The smallest absolute Gasteiger partial charge is 0.248 e. The van der Waals surface area contributed by atoms with E-state index in [2.05, 4.69) is 5.32 Å². The van der Waals surface area contributed by atoms with Crippen molar-refractivity contribution < 1.29 is 17.6 Å². The van der Waals surface area contributed by atoms with E-state index in [-0.39, 0.29) is 27.8 Å². The maximum absolute atomic E-state index is 13.2. The molecule has 0 aliphatic rings. The van der Waals surface area contributed by atoms with E-state index in [4.69, 9.17) is 23.2 Å². The molecule has 0 fully saturated rings. The summed E-state index contributed by atoms with van der Waals surface area (Å²) in [5, 5.41) is 3.04. The van der Waals surface area contributed by atoms with Crippen molar-refractivity contribution in [3.8, 4) is 0 Å². The van der Waals surface area contributed by atoms with Crippen LogP contribution in [-0.4, -0.2) is 26.6 Å². The molecule has 0 radical (unpaired) electrons. The maximum atomic E-state index is 13.2. The summed E-state index contributed by atoms with van der Waals surface area (Å²) in [5.74, 6) is -1.11. The van der Waals surface area contributed by atoms with E-state index in [1.54, 1.807) is 25.1 Å². The Morgan fingerprint density at radius 2 is 1.69 bits per heavy atom. The second kappa shape index (κ2) is 8.24. The number of hydrogen-bond acceptors (Lipinski definition) is 3. The van der Waals surface area contributed by atoms with E-state index in [1.165, 1.54) is 12.1 Å². The lowest BCUT2D eigenvalue weighted by Crippen LogP contribution is -2.47. The molecule has 0 heterocycles. The summed E-state index contributed by atoms with van der Waals surface area (Å²) in [6.07, 6.45) is 1.16. The van der Waals surface area contributed by atoms with Crippen molar-refractivity contribution in [3.05, 3.63) is 58.3 Å². The van der Waals surface area contributed by atoms with Gasteiger partial charge in [0.1, 0.15) is 11.9 Å². The first-order valence-corrected chi connectivity index (χ1v) is 10.3. The molecule has 2 aromatic rings. The molecular formula is C17H17Cl2FN2O3S. The Labute approximate surface area is 161 Å². The van der Waals surface area contributed by atoms with E-state index < -0.39 is 27.8 Å². The molecule has 26 heavy (non-hydrogen) atoms. The number of anilines is 2. The fourth-order valence-electron chi connectivity index (χ4n) is 2.47. The summed E-state index contributed by atoms with van der Waals surface area (Å²) in [4.78, 5) is 12.8. The molecular weight excluding hydrogens is 402 g/mol. The SMILES string of the molecule is CC[C@H](C(=O)Nc1c(Cl)cccc1Cl)N(c1ccc(F)cc1)S(C)(=O)=O. The highest BCUT2D eigenvalue weighted by Crippen LogP contribution is 2.31. The molecule has 1 atom stereocenters. The minimum atomic E-state index is -3.82. The van der Waals surface area contributed by atoms with E-state index in [1.807, 2.05) is 0 Å². The van der Waals surface area contributed by atoms with Crippen molar-refractivity contribution in [1.82, 2.24) is 0 Å². The first-order valence-electron chi connectivity index (χ1n) is 7.65. The fraction of sp³-hybridized carbons (Fsp3) is 0.235. The predicted molar refractivity (Wildman–Crippen MR) is 103 cm³/mol. The lowest BCUT2D eigenvalue weighted by atomic mass is 10.1. The molecule has 0 unspecified atom stereocenters. The zero-order chi connectivity index (χ0) is 19.5. The molecule has 0 saturated heterocycles. The topological polar surface area (TPSA) is 66.5 Å². The Morgan fingerprint density at radius 1 is 1.15 bits per heavy atom. The molecule has 0 aliphatic carbocycles. The molecule has 1 N–H and O–H groups in total. The number of nitrogens with one attached hydrogen (secondary N) is 1. The highest BCUT2D eigenvalue weighted by molar-refractivity contribution is 7.92. The van der Waals surface area contributed by atoms with Crippen LogP contribution in [0.2, 0.25) is 10.0 Å². The molecule has 0 spiro atoms. The molecule has 0 aliphatic heterocycles. The van der Waals surface area contributed by atoms with Crippen molar-refractivity contribution >= 4 is 50.5 Å². The van der Waals surface area contributed by atoms with Crippen molar-refractivity contribution in [2.45, 2.75) is 19.4 Å². The third kappa shape index (κ3) is 4.66. The minimum absolute atomic E-state index is 0.179. The van der Waals surface area contributed by atoms with Crippen LogP contribution in [0.3, 0.4) is 0 Å². The first kappa shape index (κ1) is 20.5. The Kier molecular flexibility index (Phi) is 6.49. The van der Waals surface area contributed by atoms with E-state index in [0.29, 0.717) is 0 Å². The Morgan fingerprint density at radius 3 is 2.15 bits per heavy atom. The Bertz CT molecular complexity index is 884. The van der Waals surface area contributed by atoms with Gasteiger partial charge in [-0.3, -0.25) is 9.10 Å². The molecule has 9 heteroatoms. The maximum Gasteiger partial charge on any atom is 0.248 e. The number of rotatable bonds is 6. The lowest BCUT2D eigenvalue weighted by molar-refractivity contribution is -0.117. The zero-order valence-electron chi connectivity index (χ0n) is 14.0. The second-order valence-electron chi connectivity index (χ2n) is 5.55. The second-order valence-corrected chi connectivity index (χ2v) is 8.22. The van der Waals surface area contributed by atoms with Crippen molar-refractivity contribution in [2.24, 2.45) is 0 Å². The normalized spacial score (nSPS) is 12.5. The summed E-state index contributed by atoms with van der Waals surface area (Å²) >= 11 is 12.1. The van der Waals surface area contributed by atoms with Gasteiger partial charge in [0.2, 0.25) is 15.9 Å². The largest absolute Gasteiger partial charge is 0.322 e. The number of carbonyl (C=O) groups is 1. The fourth-order valence-corrected chi connectivity index (χ4v) is 4.18. The van der Waals surface area contributed by atoms with Gasteiger partial charge in [-0.25, -0.2) is 12.8 Å². The third-order valence-corrected chi connectivity index (χ3v) is 5.43. The van der Waals surface area contributed by atoms with Crippen LogP contribution in [0, 0.1) is 5.82 Å². The van der Waals surface area contributed by atoms with Gasteiger partial charge in [0.25, 0.3) is 0 Å². The molecule has 140 valence electrons. The van der Waals surface area contributed by atoms with Crippen molar-refractivity contribution in [3.63, 3.8) is 0 Å².